The maximum Gasteiger partial charge on any atom is 0.351 e. The predicted octanol–water partition coefficient (Wildman–Crippen LogP) is 0.954. The van der Waals surface area contributed by atoms with Gasteiger partial charge in [0.05, 0.1) is 0 Å². The van der Waals surface area contributed by atoms with E-state index in [-0.39, 0.29) is 6.10 Å². The number of ether oxygens (including phenoxy) is 2. The second kappa shape index (κ2) is 3.12. The summed E-state index contributed by atoms with van der Waals surface area (Å²) in [5.41, 5.74) is -1.01. The molecule has 4 heteroatoms. The highest BCUT2D eigenvalue weighted by atomic mass is 16.6. The van der Waals surface area contributed by atoms with Crippen molar-refractivity contribution >= 4 is 11.9 Å². The van der Waals surface area contributed by atoms with Gasteiger partial charge in [-0.3, -0.25) is 0 Å². The monoisotopic (exact) mass is 196 g/mol. The van der Waals surface area contributed by atoms with Crippen LogP contribution in [0.25, 0.3) is 0 Å². The Morgan fingerprint density at radius 1 is 1.71 bits per heavy atom. The number of carbonyl (C=O) groups is 2. The van der Waals surface area contributed by atoms with Crippen molar-refractivity contribution in [2.75, 3.05) is 0 Å². The van der Waals surface area contributed by atoms with Crippen molar-refractivity contribution in [3.8, 4) is 0 Å². The molecule has 1 aliphatic carbocycles. The maximum atomic E-state index is 11.5. The fourth-order valence-corrected chi connectivity index (χ4v) is 2.10. The topological polar surface area (TPSA) is 52.6 Å². The molecule has 2 atom stereocenters. The minimum absolute atomic E-state index is 0.0612. The van der Waals surface area contributed by atoms with Crippen LogP contribution in [0.5, 0.6) is 0 Å². The van der Waals surface area contributed by atoms with Gasteiger partial charge in [-0.05, 0) is 19.3 Å². The minimum Gasteiger partial charge on any atom is -0.459 e. The van der Waals surface area contributed by atoms with Gasteiger partial charge in [0, 0.05) is 12.5 Å². The third-order valence-corrected chi connectivity index (χ3v) is 2.77. The molecule has 2 unspecified atom stereocenters. The molecular formula is C10H12O4. The minimum atomic E-state index is -1.01. The summed E-state index contributed by atoms with van der Waals surface area (Å²) in [5.74, 6) is -0.945. The van der Waals surface area contributed by atoms with Crippen LogP contribution >= 0.6 is 0 Å². The lowest BCUT2D eigenvalue weighted by atomic mass is 9.86. The molecule has 76 valence electrons. The van der Waals surface area contributed by atoms with Crippen molar-refractivity contribution in [3.05, 3.63) is 12.7 Å². The Kier molecular flexibility index (Phi) is 2.06. The fourth-order valence-electron chi connectivity index (χ4n) is 2.10. The Bertz CT molecular complexity index is 296. The highest BCUT2D eigenvalue weighted by Gasteiger charge is 2.54. The van der Waals surface area contributed by atoms with Crippen molar-refractivity contribution in [2.24, 2.45) is 0 Å². The number of hydrogen-bond acceptors (Lipinski definition) is 4. The van der Waals surface area contributed by atoms with Crippen LogP contribution in [0.15, 0.2) is 12.7 Å². The van der Waals surface area contributed by atoms with E-state index in [0.717, 1.165) is 18.9 Å². The number of carbonyl (C=O) groups excluding carboxylic acids is 2. The lowest BCUT2D eigenvalue weighted by Crippen LogP contribution is -2.40. The molecule has 2 bridgehead atoms. The molecule has 4 nitrogen and oxygen atoms in total. The first kappa shape index (κ1) is 9.24. The zero-order chi connectivity index (χ0) is 10.2. The summed E-state index contributed by atoms with van der Waals surface area (Å²) < 4.78 is 10.2. The van der Waals surface area contributed by atoms with Gasteiger partial charge in [0.15, 0.2) is 0 Å². The molecule has 1 saturated heterocycles. The Morgan fingerprint density at radius 2 is 2.50 bits per heavy atom. The summed E-state index contributed by atoms with van der Waals surface area (Å²) in [4.78, 5) is 22.6. The van der Waals surface area contributed by atoms with Gasteiger partial charge >= 0.3 is 11.9 Å². The summed E-state index contributed by atoms with van der Waals surface area (Å²) in [6.07, 6.45) is 3.82. The molecule has 1 saturated carbocycles. The van der Waals surface area contributed by atoms with Crippen LogP contribution in [0.1, 0.15) is 25.7 Å². The molecule has 2 rings (SSSR count). The third kappa shape index (κ3) is 1.31. The summed E-state index contributed by atoms with van der Waals surface area (Å²) in [7, 11) is 0. The number of esters is 2. The number of rotatable bonds is 2. The van der Waals surface area contributed by atoms with Crippen molar-refractivity contribution in [3.63, 3.8) is 0 Å². The van der Waals surface area contributed by atoms with Crippen LogP contribution in [-0.2, 0) is 19.1 Å². The smallest absolute Gasteiger partial charge is 0.351 e. The van der Waals surface area contributed by atoms with Gasteiger partial charge in [0.25, 0.3) is 0 Å². The highest BCUT2D eigenvalue weighted by Crippen LogP contribution is 2.40. The van der Waals surface area contributed by atoms with Crippen LogP contribution in [0.4, 0.5) is 0 Å². The van der Waals surface area contributed by atoms with Crippen LogP contribution in [0, 0.1) is 0 Å². The van der Waals surface area contributed by atoms with Gasteiger partial charge in [-0.1, -0.05) is 6.58 Å². The Balaban J connectivity index is 2.16. The van der Waals surface area contributed by atoms with Crippen LogP contribution < -0.4 is 0 Å². The van der Waals surface area contributed by atoms with Crippen molar-refractivity contribution in [1.82, 2.24) is 0 Å². The third-order valence-electron chi connectivity index (χ3n) is 2.77. The van der Waals surface area contributed by atoms with E-state index in [9.17, 15) is 9.59 Å². The summed E-state index contributed by atoms with van der Waals surface area (Å²) in [6.45, 7) is 3.30. The molecule has 0 aromatic rings. The van der Waals surface area contributed by atoms with Gasteiger partial charge in [0.2, 0.25) is 5.60 Å². The second-order valence-electron chi connectivity index (χ2n) is 3.74. The molecule has 0 radical (unpaired) electrons. The van der Waals surface area contributed by atoms with E-state index in [0.29, 0.717) is 12.8 Å². The van der Waals surface area contributed by atoms with E-state index in [1.165, 1.54) is 0 Å². The van der Waals surface area contributed by atoms with Crippen LogP contribution in [-0.4, -0.2) is 23.6 Å². The average molecular weight is 196 g/mol. The number of fused-ring (bicyclic) bond motifs is 2. The summed E-state index contributed by atoms with van der Waals surface area (Å²) in [6, 6.07) is 0. The lowest BCUT2D eigenvalue weighted by Gasteiger charge is -2.26. The largest absolute Gasteiger partial charge is 0.459 e. The van der Waals surface area contributed by atoms with Gasteiger partial charge in [-0.2, -0.15) is 0 Å². The van der Waals surface area contributed by atoms with Gasteiger partial charge in [0.1, 0.15) is 6.10 Å². The van der Waals surface area contributed by atoms with E-state index in [4.69, 9.17) is 9.47 Å². The predicted molar refractivity (Wildman–Crippen MR) is 47.4 cm³/mol. The summed E-state index contributed by atoms with van der Waals surface area (Å²) >= 11 is 0. The van der Waals surface area contributed by atoms with E-state index in [2.05, 4.69) is 6.58 Å². The molecule has 0 aromatic heterocycles. The van der Waals surface area contributed by atoms with Crippen LogP contribution in [0.2, 0.25) is 0 Å². The first-order valence-corrected chi connectivity index (χ1v) is 4.73. The fraction of sp³-hybridized carbons (Fsp3) is 0.600. The first-order chi connectivity index (χ1) is 6.66. The van der Waals surface area contributed by atoms with Gasteiger partial charge in [-0.15, -0.1) is 0 Å². The SMILES string of the molecule is C=CC(=O)OC12CCCC(C1)OC2=O. The molecule has 0 amide bonds. The maximum absolute atomic E-state index is 11.5. The van der Waals surface area contributed by atoms with E-state index < -0.39 is 17.5 Å². The highest BCUT2D eigenvalue weighted by molar-refractivity contribution is 5.88. The van der Waals surface area contributed by atoms with Gasteiger partial charge in [-0.25, -0.2) is 9.59 Å². The van der Waals surface area contributed by atoms with E-state index >= 15 is 0 Å². The Morgan fingerprint density at radius 3 is 3.21 bits per heavy atom. The number of hydrogen-bond donors (Lipinski definition) is 0. The van der Waals surface area contributed by atoms with Crippen molar-refractivity contribution in [2.45, 2.75) is 37.4 Å². The zero-order valence-electron chi connectivity index (χ0n) is 7.82. The Hall–Kier alpha value is -1.32. The molecule has 0 aromatic carbocycles. The molecule has 0 N–H and O–H groups in total. The van der Waals surface area contributed by atoms with Gasteiger partial charge < -0.3 is 9.47 Å². The zero-order valence-corrected chi connectivity index (χ0v) is 7.82. The van der Waals surface area contributed by atoms with E-state index in [1.807, 2.05) is 0 Å². The quantitative estimate of drug-likeness (QED) is 0.487. The van der Waals surface area contributed by atoms with E-state index in [1.54, 1.807) is 0 Å². The van der Waals surface area contributed by atoms with Crippen molar-refractivity contribution < 1.29 is 19.1 Å². The first-order valence-electron chi connectivity index (χ1n) is 4.73. The summed E-state index contributed by atoms with van der Waals surface area (Å²) in [5, 5.41) is 0. The Labute approximate surface area is 81.9 Å². The molecule has 2 fully saturated rings. The molecule has 14 heavy (non-hydrogen) atoms. The molecular weight excluding hydrogens is 184 g/mol. The average Bonchev–Trinajstić information content (AvgIpc) is 2.37. The molecule has 1 heterocycles. The van der Waals surface area contributed by atoms with Crippen molar-refractivity contribution in [1.29, 1.82) is 0 Å². The lowest BCUT2D eigenvalue weighted by molar-refractivity contribution is -0.169. The normalized spacial score (nSPS) is 34.9. The van der Waals surface area contributed by atoms with Crippen LogP contribution in [0.3, 0.4) is 0 Å². The molecule has 1 aliphatic heterocycles. The molecule has 0 spiro atoms. The second-order valence-corrected chi connectivity index (χ2v) is 3.74. The standard InChI is InChI=1S/C10H12O4/c1-2-8(11)14-10-5-3-4-7(6-10)13-9(10)12/h2,7H,1,3-6H2. The molecule has 2 aliphatic rings.